The molecule has 0 unspecified atom stereocenters. The second-order valence-electron chi connectivity index (χ2n) is 5.79. The first kappa shape index (κ1) is 17.5. The number of ether oxygens (including phenoxy) is 1. The molecule has 25 heavy (non-hydrogen) atoms. The number of hydrogen-bond donors (Lipinski definition) is 1. The van der Waals surface area contributed by atoms with E-state index in [4.69, 9.17) is 9.15 Å². The van der Waals surface area contributed by atoms with Crippen molar-refractivity contribution in [2.75, 3.05) is 35.6 Å². The van der Waals surface area contributed by atoms with Crippen molar-refractivity contribution in [3.05, 3.63) is 47.9 Å². The van der Waals surface area contributed by atoms with Crippen LogP contribution in [0.25, 0.3) is 0 Å². The summed E-state index contributed by atoms with van der Waals surface area (Å²) in [6.07, 6.45) is 3.06. The van der Waals surface area contributed by atoms with E-state index >= 15 is 0 Å². The van der Waals surface area contributed by atoms with E-state index in [1.807, 2.05) is 0 Å². The van der Waals surface area contributed by atoms with Gasteiger partial charge in [0, 0.05) is 25.0 Å². The van der Waals surface area contributed by atoms with E-state index in [0.717, 1.165) is 24.1 Å². The molecular formula is C17H20N2O5S. The molecule has 1 aliphatic rings. The maximum absolute atomic E-state index is 12.6. The highest BCUT2D eigenvalue weighted by atomic mass is 32.2. The van der Waals surface area contributed by atoms with Crippen LogP contribution in [0.5, 0.6) is 0 Å². The summed E-state index contributed by atoms with van der Waals surface area (Å²) in [4.78, 5) is 14.2. The van der Waals surface area contributed by atoms with Crippen LogP contribution in [0.3, 0.4) is 0 Å². The van der Waals surface area contributed by atoms with Crippen LogP contribution in [0.15, 0.2) is 41.0 Å². The van der Waals surface area contributed by atoms with E-state index in [-0.39, 0.29) is 24.0 Å². The summed E-state index contributed by atoms with van der Waals surface area (Å²) < 4.78 is 36.5. The number of amides is 1. The van der Waals surface area contributed by atoms with Crippen LogP contribution in [0, 0.1) is 0 Å². The Labute approximate surface area is 146 Å². The summed E-state index contributed by atoms with van der Waals surface area (Å²) in [5, 5.41) is 0. The van der Waals surface area contributed by atoms with E-state index in [2.05, 4.69) is 4.72 Å². The van der Waals surface area contributed by atoms with Gasteiger partial charge in [0.05, 0.1) is 18.6 Å². The number of aryl methyl sites for hydroxylation is 1. The van der Waals surface area contributed by atoms with Crippen molar-refractivity contribution < 1.29 is 22.4 Å². The molecule has 2 aromatic rings. The lowest BCUT2D eigenvalue weighted by atomic mass is 10.0. The Hall–Kier alpha value is -2.32. The number of fused-ring (bicyclic) bond motifs is 1. The van der Waals surface area contributed by atoms with Gasteiger partial charge in [0.25, 0.3) is 5.91 Å². The Bertz CT molecular complexity index is 846. The molecule has 0 atom stereocenters. The number of rotatable bonds is 6. The number of nitrogens with zero attached hydrogens (tertiary/aromatic N) is 1. The molecule has 0 fully saturated rings. The summed E-state index contributed by atoms with van der Waals surface area (Å²) in [6, 6.07) is 8.52. The molecule has 0 saturated heterocycles. The number of benzene rings is 1. The largest absolute Gasteiger partial charge is 0.459 e. The lowest BCUT2D eigenvalue weighted by molar-refractivity contribution is 0.0958. The normalized spacial score (nSPS) is 14.2. The minimum absolute atomic E-state index is 0.107. The lowest BCUT2D eigenvalue weighted by Gasteiger charge is -2.29. The van der Waals surface area contributed by atoms with Gasteiger partial charge >= 0.3 is 0 Å². The van der Waals surface area contributed by atoms with Gasteiger partial charge in [-0.15, -0.1) is 0 Å². The third-order valence-electron chi connectivity index (χ3n) is 4.00. The lowest BCUT2D eigenvalue weighted by Crippen LogP contribution is -2.35. The second kappa shape index (κ2) is 7.28. The predicted molar refractivity (Wildman–Crippen MR) is 94.4 cm³/mol. The highest BCUT2D eigenvalue weighted by Gasteiger charge is 2.25. The Morgan fingerprint density at radius 1 is 1.36 bits per heavy atom. The molecule has 1 amide bonds. The number of furan rings is 1. The van der Waals surface area contributed by atoms with Crippen molar-refractivity contribution in [1.82, 2.24) is 0 Å². The molecule has 0 bridgehead atoms. The third kappa shape index (κ3) is 4.02. The van der Waals surface area contributed by atoms with Crippen LogP contribution in [0.2, 0.25) is 0 Å². The Balaban J connectivity index is 1.82. The van der Waals surface area contributed by atoms with Gasteiger partial charge in [-0.25, -0.2) is 8.42 Å². The van der Waals surface area contributed by atoms with E-state index in [0.29, 0.717) is 12.2 Å². The van der Waals surface area contributed by atoms with Crippen molar-refractivity contribution in [2.45, 2.75) is 12.8 Å². The molecule has 2 heterocycles. The number of nitrogens with one attached hydrogen (secondary N) is 1. The maximum atomic E-state index is 12.6. The number of anilines is 2. The Kier molecular flexibility index (Phi) is 5.10. The molecule has 0 aliphatic carbocycles. The predicted octanol–water partition coefficient (Wildman–Crippen LogP) is 2.26. The highest BCUT2D eigenvalue weighted by Crippen LogP contribution is 2.31. The minimum Gasteiger partial charge on any atom is -0.459 e. The molecule has 8 heteroatoms. The molecular weight excluding hydrogens is 344 g/mol. The first-order chi connectivity index (χ1) is 12.0. The molecule has 0 radical (unpaired) electrons. The smallest absolute Gasteiger partial charge is 0.293 e. The number of methoxy groups -OCH3 is 1. The number of carbonyl (C=O) groups is 1. The molecule has 1 N–H and O–H groups in total. The van der Waals surface area contributed by atoms with Gasteiger partial charge in [-0.1, -0.05) is 0 Å². The van der Waals surface area contributed by atoms with E-state index in [1.54, 1.807) is 35.2 Å². The van der Waals surface area contributed by atoms with Crippen LogP contribution in [-0.2, 0) is 21.2 Å². The first-order valence-electron chi connectivity index (χ1n) is 7.98. The molecule has 3 rings (SSSR count). The monoisotopic (exact) mass is 364 g/mol. The van der Waals surface area contributed by atoms with Crippen LogP contribution in [0.4, 0.5) is 11.4 Å². The fraction of sp³-hybridized carbons (Fsp3) is 0.353. The summed E-state index contributed by atoms with van der Waals surface area (Å²) in [5.74, 6) is -0.0134. The average Bonchev–Trinajstić information content (AvgIpc) is 3.13. The van der Waals surface area contributed by atoms with Crippen LogP contribution in [-0.4, -0.2) is 40.3 Å². The first-order valence-corrected chi connectivity index (χ1v) is 9.63. The van der Waals surface area contributed by atoms with Gasteiger partial charge < -0.3 is 14.1 Å². The Morgan fingerprint density at radius 2 is 2.20 bits per heavy atom. The standard InChI is InChI=1S/C17H20N2O5S/c1-23-10-11-25(21,22)18-14-6-7-15-13(12-14)4-2-8-19(15)17(20)16-5-3-9-24-16/h3,5-7,9,12,18H,2,4,8,10-11H2,1H3. The Morgan fingerprint density at radius 3 is 2.92 bits per heavy atom. The zero-order valence-electron chi connectivity index (χ0n) is 13.9. The van der Waals surface area contributed by atoms with Gasteiger partial charge in [-0.05, 0) is 48.7 Å². The van der Waals surface area contributed by atoms with E-state index in [1.165, 1.54) is 13.4 Å². The van der Waals surface area contributed by atoms with Crippen molar-refractivity contribution in [1.29, 1.82) is 0 Å². The van der Waals surface area contributed by atoms with Gasteiger partial charge in [-0.2, -0.15) is 0 Å². The SMILES string of the molecule is COCCS(=O)(=O)Nc1ccc2c(c1)CCCN2C(=O)c1ccco1. The van der Waals surface area contributed by atoms with Gasteiger partial charge in [0.15, 0.2) is 5.76 Å². The number of hydrogen-bond acceptors (Lipinski definition) is 5. The topological polar surface area (TPSA) is 88.9 Å². The van der Waals surface area contributed by atoms with Gasteiger partial charge in [0.2, 0.25) is 10.0 Å². The fourth-order valence-corrected chi connectivity index (χ4v) is 3.80. The molecule has 1 aromatic carbocycles. The van der Waals surface area contributed by atoms with Crippen LogP contribution < -0.4 is 9.62 Å². The molecule has 0 spiro atoms. The van der Waals surface area contributed by atoms with Gasteiger partial charge in [-0.3, -0.25) is 9.52 Å². The van der Waals surface area contributed by atoms with Crippen LogP contribution >= 0.6 is 0 Å². The summed E-state index contributed by atoms with van der Waals surface area (Å²) in [5.41, 5.74) is 2.20. The maximum Gasteiger partial charge on any atom is 0.293 e. The van der Waals surface area contributed by atoms with Crippen molar-refractivity contribution >= 4 is 27.3 Å². The minimum atomic E-state index is -3.46. The number of sulfonamides is 1. The zero-order valence-corrected chi connectivity index (χ0v) is 14.7. The van der Waals surface area contributed by atoms with Crippen molar-refractivity contribution in [3.8, 4) is 0 Å². The molecule has 7 nitrogen and oxygen atoms in total. The molecule has 134 valence electrons. The summed E-state index contributed by atoms with van der Waals surface area (Å²) >= 11 is 0. The average molecular weight is 364 g/mol. The second-order valence-corrected chi connectivity index (χ2v) is 7.64. The quantitative estimate of drug-likeness (QED) is 0.849. The van der Waals surface area contributed by atoms with Crippen LogP contribution in [0.1, 0.15) is 22.5 Å². The van der Waals surface area contributed by atoms with Crippen molar-refractivity contribution in [3.63, 3.8) is 0 Å². The molecule has 0 saturated carbocycles. The van der Waals surface area contributed by atoms with E-state index in [9.17, 15) is 13.2 Å². The van der Waals surface area contributed by atoms with Crippen molar-refractivity contribution in [2.24, 2.45) is 0 Å². The molecule has 1 aliphatic heterocycles. The van der Waals surface area contributed by atoms with E-state index < -0.39 is 10.0 Å². The highest BCUT2D eigenvalue weighted by molar-refractivity contribution is 7.92. The summed E-state index contributed by atoms with van der Waals surface area (Å²) in [6.45, 7) is 0.733. The molecule has 1 aromatic heterocycles. The number of carbonyl (C=O) groups excluding carboxylic acids is 1. The summed E-state index contributed by atoms with van der Waals surface area (Å²) in [7, 11) is -2.00. The van der Waals surface area contributed by atoms with Gasteiger partial charge in [0.1, 0.15) is 0 Å². The third-order valence-corrected chi connectivity index (χ3v) is 5.26. The zero-order chi connectivity index (χ0) is 17.9. The fourth-order valence-electron chi connectivity index (χ4n) is 2.83.